The first-order valence-electron chi connectivity index (χ1n) is 6.45. The molecule has 96 valence electrons. The molecule has 0 saturated heterocycles. The van der Waals surface area contributed by atoms with Crippen molar-refractivity contribution < 1.29 is 4.79 Å². The molecule has 1 heterocycles. The van der Waals surface area contributed by atoms with E-state index in [4.69, 9.17) is 0 Å². The van der Waals surface area contributed by atoms with Crippen LogP contribution in [0, 0.1) is 0 Å². The summed E-state index contributed by atoms with van der Waals surface area (Å²) in [6.07, 6.45) is 2.63. The molecular formula is C18H13NO. The van der Waals surface area contributed by atoms with E-state index in [0.29, 0.717) is 5.56 Å². The number of benzene rings is 2. The van der Waals surface area contributed by atoms with Gasteiger partial charge in [0.15, 0.2) is 6.29 Å². The van der Waals surface area contributed by atoms with Crippen LogP contribution in [0.15, 0.2) is 72.9 Å². The van der Waals surface area contributed by atoms with Crippen molar-refractivity contribution in [1.82, 2.24) is 4.98 Å². The van der Waals surface area contributed by atoms with E-state index in [1.807, 2.05) is 66.7 Å². The van der Waals surface area contributed by atoms with Crippen LogP contribution >= 0.6 is 0 Å². The Morgan fingerprint density at radius 3 is 1.95 bits per heavy atom. The predicted molar refractivity (Wildman–Crippen MR) is 80.5 cm³/mol. The minimum Gasteiger partial charge on any atom is -0.298 e. The molecule has 0 amide bonds. The summed E-state index contributed by atoms with van der Waals surface area (Å²) >= 11 is 0. The summed E-state index contributed by atoms with van der Waals surface area (Å²) in [6, 6.07) is 21.5. The Bertz CT molecular complexity index is 663. The molecule has 0 N–H and O–H groups in total. The summed E-state index contributed by atoms with van der Waals surface area (Å²) < 4.78 is 0. The molecule has 0 radical (unpaired) electrons. The first-order valence-corrected chi connectivity index (χ1v) is 6.45. The molecule has 0 atom stereocenters. The minimum atomic E-state index is 0.630. The second kappa shape index (κ2) is 5.49. The van der Waals surface area contributed by atoms with Gasteiger partial charge in [0.1, 0.15) is 0 Å². The average molecular weight is 259 g/mol. The SMILES string of the molecule is O=Cc1c(-c2ccccc2)ccnc1-c1ccccc1. The molecule has 2 heteroatoms. The number of hydrogen-bond acceptors (Lipinski definition) is 2. The fourth-order valence-electron chi connectivity index (χ4n) is 2.29. The highest BCUT2D eigenvalue weighted by Gasteiger charge is 2.11. The largest absolute Gasteiger partial charge is 0.298 e. The first-order chi connectivity index (χ1) is 9.90. The standard InChI is InChI=1S/C18H13NO/c20-13-17-16(14-7-3-1-4-8-14)11-12-19-18(17)15-9-5-2-6-10-15/h1-13H. The van der Waals surface area contributed by atoms with Gasteiger partial charge in [-0.15, -0.1) is 0 Å². The normalized spacial score (nSPS) is 10.2. The number of nitrogens with zero attached hydrogens (tertiary/aromatic N) is 1. The van der Waals surface area contributed by atoms with Crippen molar-refractivity contribution in [3.8, 4) is 22.4 Å². The van der Waals surface area contributed by atoms with Gasteiger partial charge in [-0.2, -0.15) is 0 Å². The van der Waals surface area contributed by atoms with Crippen LogP contribution in [-0.2, 0) is 0 Å². The lowest BCUT2D eigenvalue weighted by atomic mass is 9.97. The van der Waals surface area contributed by atoms with E-state index in [0.717, 1.165) is 28.7 Å². The number of hydrogen-bond donors (Lipinski definition) is 0. The number of aromatic nitrogens is 1. The van der Waals surface area contributed by atoms with E-state index >= 15 is 0 Å². The van der Waals surface area contributed by atoms with Crippen LogP contribution < -0.4 is 0 Å². The molecule has 3 rings (SSSR count). The lowest BCUT2D eigenvalue weighted by Gasteiger charge is -2.09. The summed E-state index contributed by atoms with van der Waals surface area (Å²) in [5.41, 5.74) is 4.24. The third-order valence-electron chi connectivity index (χ3n) is 3.24. The average Bonchev–Trinajstić information content (AvgIpc) is 2.55. The second-order valence-electron chi connectivity index (χ2n) is 4.47. The van der Waals surface area contributed by atoms with Gasteiger partial charge in [-0.05, 0) is 17.2 Å². The highest BCUT2D eigenvalue weighted by molar-refractivity contribution is 5.94. The maximum Gasteiger partial charge on any atom is 0.152 e. The maximum absolute atomic E-state index is 11.6. The van der Waals surface area contributed by atoms with Crippen molar-refractivity contribution in [3.05, 3.63) is 78.5 Å². The van der Waals surface area contributed by atoms with Crippen LogP contribution in [0.4, 0.5) is 0 Å². The van der Waals surface area contributed by atoms with Gasteiger partial charge in [0.2, 0.25) is 0 Å². The molecular weight excluding hydrogens is 246 g/mol. The first kappa shape index (κ1) is 12.3. The van der Waals surface area contributed by atoms with Crippen LogP contribution in [0.25, 0.3) is 22.4 Å². The third kappa shape index (κ3) is 2.24. The smallest absolute Gasteiger partial charge is 0.152 e. The molecule has 3 aromatic rings. The molecule has 2 aromatic carbocycles. The van der Waals surface area contributed by atoms with E-state index < -0.39 is 0 Å². The fraction of sp³-hybridized carbons (Fsp3) is 0. The van der Waals surface area contributed by atoms with Gasteiger partial charge < -0.3 is 0 Å². The molecule has 0 aliphatic carbocycles. The molecule has 0 bridgehead atoms. The van der Waals surface area contributed by atoms with Crippen molar-refractivity contribution in [3.63, 3.8) is 0 Å². The highest BCUT2D eigenvalue weighted by atomic mass is 16.1. The highest BCUT2D eigenvalue weighted by Crippen LogP contribution is 2.29. The Morgan fingerprint density at radius 1 is 0.750 bits per heavy atom. The predicted octanol–water partition coefficient (Wildman–Crippen LogP) is 4.23. The van der Waals surface area contributed by atoms with Gasteiger partial charge >= 0.3 is 0 Å². The Morgan fingerprint density at radius 2 is 1.35 bits per heavy atom. The molecule has 0 unspecified atom stereocenters. The number of carbonyl (C=O) groups excluding carboxylic acids is 1. The van der Waals surface area contributed by atoms with Crippen LogP contribution in [0.2, 0.25) is 0 Å². The lowest BCUT2D eigenvalue weighted by molar-refractivity contribution is 0.112. The van der Waals surface area contributed by atoms with Crippen LogP contribution in [0.3, 0.4) is 0 Å². The maximum atomic E-state index is 11.6. The van der Waals surface area contributed by atoms with Crippen LogP contribution in [0.1, 0.15) is 10.4 Å². The molecule has 0 spiro atoms. The molecule has 0 saturated carbocycles. The summed E-state index contributed by atoms with van der Waals surface area (Å²) in [5, 5.41) is 0. The molecule has 0 aliphatic heterocycles. The van der Waals surface area contributed by atoms with Crippen molar-refractivity contribution in [1.29, 1.82) is 0 Å². The number of rotatable bonds is 3. The Kier molecular flexibility index (Phi) is 3.38. The van der Waals surface area contributed by atoms with Gasteiger partial charge in [-0.1, -0.05) is 60.7 Å². The number of aldehydes is 1. The van der Waals surface area contributed by atoms with Crippen LogP contribution in [-0.4, -0.2) is 11.3 Å². The van der Waals surface area contributed by atoms with Crippen molar-refractivity contribution in [2.24, 2.45) is 0 Å². The van der Waals surface area contributed by atoms with Gasteiger partial charge in [0.05, 0.1) is 5.69 Å². The Hall–Kier alpha value is -2.74. The Labute approximate surface area is 117 Å². The monoisotopic (exact) mass is 259 g/mol. The molecule has 20 heavy (non-hydrogen) atoms. The summed E-state index contributed by atoms with van der Waals surface area (Å²) in [7, 11) is 0. The fourth-order valence-corrected chi connectivity index (χ4v) is 2.29. The van der Waals surface area contributed by atoms with E-state index in [2.05, 4.69) is 4.98 Å². The summed E-state index contributed by atoms with van der Waals surface area (Å²) in [6.45, 7) is 0. The molecule has 1 aromatic heterocycles. The lowest BCUT2D eigenvalue weighted by Crippen LogP contribution is -1.95. The summed E-state index contributed by atoms with van der Waals surface area (Å²) in [5.74, 6) is 0. The zero-order valence-electron chi connectivity index (χ0n) is 10.9. The molecule has 0 aliphatic rings. The van der Waals surface area contributed by atoms with Crippen molar-refractivity contribution in [2.45, 2.75) is 0 Å². The van der Waals surface area contributed by atoms with Gasteiger partial charge in [-0.25, -0.2) is 0 Å². The van der Waals surface area contributed by atoms with E-state index in [9.17, 15) is 4.79 Å². The van der Waals surface area contributed by atoms with Gasteiger partial charge in [0, 0.05) is 17.3 Å². The van der Waals surface area contributed by atoms with E-state index in [1.165, 1.54) is 0 Å². The Balaban J connectivity index is 2.22. The van der Waals surface area contributed by atoms with E-state index in [1.54, 1.807) is 6.20 Å². The third-order valence-corrected chi connectivity index (χ3v) is 3.24. The number of pyridine rings is 1. The topological polar surface area (TPSA) is 30.0 Å². The zero-order valence-corrected chi connectivity index (χ0v) is 10.9. The zero-order chi connectivity index (χ0) is 13.8. The quantitative estimate of drug-likeness (QED) is 0.659. The van der Waals surface area contributed by atoms with E-state index in [-0.39, 0.29) is 0 Å². The second-order valence-corrected chi connectivity index (χ2v) is 4.47. The van der Waals surface area contributed by atoms with Gasteiger partial charge in [0.25, 0.3) is 0 Å². The summed E-state index contributed by atoms with van der Waals surface area (Å²) in [4.78, 5) is 15.9. The van der Waals surface area contributed by atoms with Crippen molar-refractivity contribution in [2.75, 3.05) is 0 Å². The molecule has 0 fully saturated rings. The molecule has 2 nitrogen and oxygen atoms in total. The van der Waals surface area contributed by atoms with Gasteiger partial charge in [-0.3, -0.25) is 9.78 Å². The minimum absolute atomic E-state index is 0.630. The number of carbonyl (C=O) groups is 1. The van der Waals surface area contributed by atoms with Crippen molar-refractivity contribution >= 4 is 6.29 Å². The van der Waals surface area contributed by atoms with Crippen LogP contribution in [0.5, 0.6) is 0 Å².